The van der Waals surface area contributed by atoms with Crippen molar-refractivity contribution >= 4 is 11.9 Å². The Hall–Kier alpha value is -2.04. The van der Waals surface area contributed by atoms with Gasteiger partial charge in [0.05, 0.1) is 6.42 Å². The first-order chi connectivity index (χ1) is 8.70. The van der Waals surface area contributed by atoms with Crippen molar-refractivity contribution in [2.75, 3.05) is 6.54 Å². The second-order valence-electron chi connectivity index (χ2n) is 5.39. The number of hydrogen-bond acceptors (Lipinski definition) is 3. The molecule has 0 saturated carbocycles. The van der Waals surface area contributed by atoms with Gasteiger partial charge in [-0.1, -0.05) is 12.1 Å². The number of phenols is 1. The second-order valence-corrected chi connectivity index (χ2v) is 5.39. The highest BCUT2D eigenvalue weighted by molar-refractivity contribution is 5.83. The predicted molar refractivity (Wildman–Crippen MR) is 70.9 cm³/mol. The van der Waals surface area contributed by atoms with Crippen LogP contribution in [0.25, 0.3) is 0 Å². The Morgan fingerprint density at radius 3 is 2.37 bits per heavy atom. The Balaban J connectivity index is 2.86. The van der Waals surface area contributed by atoms with E-state index in [2.05, 4.69) is 0 Å². The van der Waals surface area contributed by atoms with E-state index in [1.165, 1.54) is 17.0 Å². The van der Waals surface area contributed by atoms with Gasteiger partial charge in [0.25, 0.3) is 0 Å². The Kier molecular flexibility index (Phi) is 4.53. The van der Waals surface area contributed by atoms with Crippen LogP contribution in [0, 0.1) is 0 Å². The number of benzene rings is 1. The quantitative estimate of drug-likeness (QED) is 0.867. The van der Waals surface area contributed by atoms with Crippen LogP contribution >= 0.6 is 0 Å². The van der Waals surface area contributed by atoms with E-state index in [1.54, 1.807) is 32.9 Å². The Bertz CT molecular complexity index is 477. The molecule has 1 aromatic carbocycles. The van der Waals surface area contributed by atoms with Crippen molar-refractivity contribution in [3.05, 3.63) is 29.8 Å². The molecule has 104 valence electrons. The average molecular weight is 265 g/mol. The molecule has 0 aliphatic rings. The summed E-state index contributed by atoms with van der Waals surface area (Å²) >= 11 is 0. The van der Waals surface area contributed by atoms with Crippen molar-refractivity contribution < 1.29 is 19.8 Å². The van der Waals surface area contributed by atoms with Crippen LogP contribution in [0.5, 0.6) is 5.75 Å². The van der Waals surface area contributed by atoms with Crippen LogP contribution in [-0.4, -0.2) is 39.1 Å². The summed E-state index contributed by atoms with van der Waals surface area (Å²) in [5.41, 5.74) is 0.0939. The third kappa shape index (κ3) is 4.62. The molecule has 1 rings (SSSR count). The zero-order chi connectivity index (χ0) is 14.6. The molecule has 5 heteroatoms. The minimum atomic E-state index is -1.04. The van der Waals surface area contributed by atoms with Crippen molar-refractivity contribution in [2.45, 2.75) is 32.7 Å². The molecule has 0 fully saturated rings. The Labute approximate surface area is 112 Å². The van der Waals surface area contributed by atoms with Gasteiger partial charge in [-0.05, 0) is 38.5 Å². The van der Waals surface area contributed by atoms with E-state index < -0.39 is 11.5 Å². The molecule has 0 unspecified atom stereocenters. The van der Waals surface area contributed by atoms with Crippen LogP contribution < -0.4 is 0 Å². The molecule has 0 radical (unpaired) electrons. The van der Waals surface area contributed by atoms with Gasteiger partial charge in [0.15, 0.2) is 0 Å². The lowest BCUT2D eigenvalue weighted by Gasteiger charge is -2.34. The zero-order valence-corrected chi connectivity index (χ0v) is 11.4. The molecule has 2 N–H and O–H groups in total. The number of rotatable bonds is 4. The maximum Gasteiger partial charge on any atom is 0.323 e. The van der Waals surface area contributed by atoms with Crippen LogP contribution in [0.2, 0.25) is 0 Å². The van der Waals surface area contributed by atoms with E-state index in [0.717, 1.165) is 0 Å². The van der Waals surface area contributed by atoms with Gasteiger partial charge in [-0.25, -0.2) is 0 Å². The first-order valence-corrected chi connectivity index (χ1v) is 6.00. The molecule has 1 aromatic rings. The van der Waals surface area contributed by atoms with Crippen LogP contribution in [0.15, 0.2) is 24.3 Å². The standard InChI is InChI=1S/C14H19NO4/c1-14(2,3)15(9-13(18)19)12(17)8-10-5-4-6-11(16)7-10/h4-7,16H,8-9H2,1-3H3,(H,18,19). The topological polar surface area (TPSA) is 77.8 Å². The number of carbonyl (C=O) groups is 2. The van der Waals surface area contributed by atoms with Crippen molar-refractivity contribution in [3.63, 3.8) is 0 Å². The van der Waals surface area contributed by atoms with Gasteiger partial charge in [-0.2, -0.15) is 0 Å². The van der Waals surface area contributed by atoms with Crippen molar-refractivity contribution in [3.8, 4) is 5.75 Å². The predicted octanol–water partition coefficient (Wildman–Crippen LogP) is 1.65. The third-order valence-electron chi connectivity index (χ3n) is 2.67. The van der Waals surface area contributed by atoms with Gasteiger partial charge < -0.3 is 15.1 Å². The van der Waals surface area contributed by atoms with Crippen LogP contribution in [0.3, 0.4) is 0 Å². The summed E-state index contributed by atoms with van der Waals surface area (Å²) in [5.74, 6) is -1.23. The molecule has 0 aliphatic heterocycles. The molecular formula is C14H19NO4. The van der Waals surface area contributed by atoms with E-state index in [0.29, 0.717) is 5.56 Å². The number of carbonyl (C=O) groups excluding carboxylic acids is 1. The van der Waals surface area contributed by atoms with Gasteiger partial charge in [0.1, 0.15) is 12.3 Å². The molecule has 1 amide bonds. The first kappa shape index (κ1) is 15.0. The average Bonchev–Trinajstić information content (AvgIpc) is 2.24. The highest BCUT2D eigenvalue weighted by atomic mass is 16.4. The maximum absolute atomic E-state index is 12.2. The van der Waals surface area contributed by atoms with E-state index in [1.807, 2.05) is 0 Å². The Morgan fingerprint density at radius 2 is 1.89 bits per heavy atom. The number of phenolic OH excluding ortho intramolecular Hbond substituents is 1. The third-order valence-corrected chi connectivity index (χ3v) is 2.67. The fourth-order valence-corrected chi connectivity index (χ4v) is 1.77. The maximum atomic E-state index is 12.2. The summed E-state index contributed by atoms with van der Waals surface area (Å²) in [7, 11) is 0. The number of hydrogen-bond donors (Lipinski definition) is 2. The minimum absolute atomic E-state index is 0.0684. The summed E-state index contributed by atoms with van der Waals surface area (Å²) in [4.78, 5) is 24.3. The lowest BCUT2D eigenvalue weighted by atomic mass is 10.0. The lowest BCUT2D eigenvalue weighted by molar-refractivity contribution is -0.147. The number of aliphatic carboxylic acids is 1. The molecule has 0 bridgehead atoms. The molecular weight excluding hydrogens is 246 g/mol. The van der Waals surface area contributed by atoms with Gasteiger partial charge in [-0.15, -0.1) is 0 Å². The van der Waals surface area contributed by atoms with E-state index in [-0.39, 0.29) is 24.6 Å². The van der Waals surface area contributed by atoms with Crippen molar-refractivity contribution in [1.29, 1.82) is 0 Å². The molecule has 0 aromatic heterocycles. The first-order valence-electron chi connectivity index (χ1n) is 6.00. The normalized spacial score (nSPS) is 11.1. The van der Waals surface area contributed by atoms with Crippen LogP contribution in [0.4, 0.5) is 0 Å². The van der Waals surface area contributed by atoms with E-state index in [9.17, 15) is 14.7 Å². The molecule has 0 atom stereocenters. The van der Waals surface area contributed by atoms with Crippen molar-refractivity contribution in [2.24, 2.45) is 0 Å². The molecule has 19 heavy (non-hydrogen) atoms. The highest BCUT2D eigenvalue weighted by Crippen LogP contribution is 2.17. The largest absolute Gasteiger partial charge is 0.508 e. The zero-order valence-electron chi connectivity index (χ0n) is 11.4. The fourth-order valence-electron chi connectivity index (χ4n) is 1.77. The smallest absolute Gasteiger partial charge is 0.323 e. The minimum Gasteiger partial charge on any atom is -0.508 e. The summed E-state index contributed by atoms with van der Waals surface area (Å²) in [6.45, 7) is 5.03. The van der Waals surface area contributed by atoms with Gasteiger partial charge in [0, 0.05) is 5.54 Å². The number of amides is 1. The van der Waals surface area contributed by atoms with Crippen LogP contribution in [0.1, 0.15) is 26.3 Å². The molecule has 0 aliphatic carbocycles. The highest BCUT2D eigenvalue weighted by Gasteiger charge is 2.28. The SMILES string of the molecule is CC(C)(C)N(CC(=O)O)C(=O)Cc1cccc(O)c1. The van der Waals surface area contributed by atoms with Gasteiger partial charge >= 0.3 is 5.97 Å². The summed E-state index contributed by atoms with van der Waals surface area (Å²) in [6, 6.07) is 6.39. The van der Waals surface area contributed by atoms with Gasteiger partial charge in [-0.3, -0.25) is 9.59 Å². The van der Waals surface area contributed by atoms with E-state index >= 15 is 0 Å². The monoisotopic (exact) mass is 265 g/mol. The lowest BCUT2D eigenvalue weighted by Crippen LogP contribution is -2.48. The number of carboxylic acid groups (broad SMARTS) is 1. The molecule has 0 spiro atoms. The molecule has 0 heterocycles. The number of aromatic hydroxyl groups is 1. The summed E-state index contributed by atoms with van der Waals surface area (Å²) in [5, 5.41) is 18.2. The van der Waals surface area contributed by atoms with Gasteiger partial charge in [0.2, 0.25) is 5.91 Å². The van der Waals surface area contributed by atoms with Crippen LogP contribution in [-0.2, 0) is 16.0 Å². The summed E-state index contributed by atoms with van der Waals surface area (Å²) < 4.78 is 0. The molecule has 5 nitrogen and oxygen atoms in total. The fraction of sp³-hybridized carbons (Fsp3) is 0.429. The Morgan fingerprint density at radius 1 is 1.26 bits per heavy atom. The number of carboxylic acids is 1. The van der Waals surface area contributed by atoms with E-state index in [4.69, 9.17) is 5.11 Å². The second kappa shape index (κ2) is 5.73. The van der Waals surface area contributed by atoms with Crippen molar-refractivity contribution in [1.82, 2.24) is 4.90 Å². The number of nitrogens with zero attached hydrogens (tertiary/aromatic N) is 1. The summed E-state index contributed by atoms with van der Waals surface area (Å²) in [6.07, 6.45) is 0.0684. The molecule has 0 saturated heterocycles.